The van der Waals surface area contributed by atoms with Crippen molar-refractivity contribution in [1.29, 1.82) is 0 Å². The van der Waals surface area contributed by atoms with Gasteiger partial charge in [-0.05, 0) is 13.8 Å². The highest BCUT2D eigenvalue weighted by Crippen LogP contribution is 2.19. The Morgan fingerprint density at radius 1 is 1.25 bits per heavy atom. The van der Waals surface area contributed by atoms with Gasteiger partial charge in [0.05, 0.1) is 32.7 Å². The maximum absolute atomic E-state index is 11.8. The number of aryl methyl sites for hydroxylation is 1. The van der Waals surface area contributed by atoms with E-state index in [1.165, 1.54) is 11.1 Å². The third-order valence-electron chi connectivity index (χ3n) is 4.61. The van der Waals surface area contributed by atoms with Gasteiger partial charge in [-0.15, -0.1) is 0 Å². The molecular formula is C17H27N2O+. The van der Waals surface area contributed by atoms with Crippen molar-refractivity contribution in [1.82, 2.24) is 4.90 Å². The molecule has 1 fully saturated rings. The molecule has 0 aromatic heterocycles. The molecule has 3 nitrogen and oxygen atoms in total. The molecule has 110 valence electrons. The highest BCUT2D eigenvalue weighted by Gasteiger charge is 2.32. The lowest BCUT2D eigenvalue weighted by Gasteiger charge is -2.44. The number of likely N-dealkylation sites (N-methyl/N-ethyl adjacent to an activating group) is 1. The van der Waals surface area contributed by atoms with Crippen LogP contribution in [0.25, 0.3) is 0 Å². The number of carbonyl (C=O) groups excluding carboxylic acids is 1. The van der Waals surface area contributed by atoms with E-state index in [0.29, 0.717) is 12.3 Å². The number of quaternary nitrogens is 1. The van der Waals surface area contributed by atoms with Crippen molar-refractivity contribution in [3.8, 4) is 0 Å². The summed E-state index contributed by atoms with van der Waals surface area (Å²) in [5, 5.41) is 0. The topological polar surface area (TPSA) is 20.3 Å². The van der Waals surface area contributed by atoms with E-state index in [9.17, 15) is 4.79 Å². The van der Waals surface area contributed by atoms with Crippen molar-refractivity contribution >= 4 is 5.91 Å². The van der Waals surface area contributed by atoms with Crippen LogP contribution in [-0.4, -0.2) is 48.0 Å². The average molecular weight is 275 g/mol. The van der Waals surface area contributed by atoms with E-state index < -0.39 is 0 Å². The van der Waals surface area contributed by atoms with Crippen LogP contribution in [0.3, 0.4) is 0 Å². The molecule has 2 rings (SSSR count). The predicted molar refractivity (Wildman–Crippen MR) is 82.3 cm³/mol. The van der Waals surface area contributed by atoms with Crippen LogP contribution in [0.2, 0.25) is 0 Å². The number of carbonyl (C=O) groups is 1. The van der Waals surface area contributed by atoms with Crippen molar-refractivity contribution in [3.63, 3.8) is 0 Å². The number of benzene rings is 1. The Labute approximate surface area is 122 Å². The second-order valence-corrected chi connectivity index (χ2v) is 5.99. The van der Waals surface area contributed by atoms with E-state index in [1.807, 2.05) is 11.8 Å². The minimum absolute atomic E-state index is 0.300. The SMILES string of the molecule is CCC(=O)N1CC[N+](CC)(Cc2cccc(C)c2)CC1. The van der Waals surface area contributed by atoms with Gasteiger partial charge in [0.15, 0.2) is 0 Å². The molecule has 20 heavy (non-hydrogen) atoms. The van der Waals surface area contributed by atoms with Gasteiger partial charge in [-0.2, -0.15) is 0 Å². The summed E-state index contributed by atoms with van der Waals surface area (Å²) in [5.41, 5.74) is 2.75. The van der Waals surface area contributed by atoms with Gasteiger partial charge in [0.1, 0.15) is 6.54 Å². The Hall–Kier alpha value is -1.35. The third kappa shape index (κ3) is 3.40. The molecule has 1 heterocycles. The molecule has 1 aromatic carbocycles. The summed E-state index contributed by atoms with van der Waals surface area (Å²) in [6, 6.07) is 8.82. The van der Waals surface area contributed by atoms with Crippen LogP contribution in [0.1, 0.15) is 31.4 Å². The number of nitrogens with zero attached hydrogens (tertiary/aromatic N) is 2. The number of amides is 1. The highest BCUT2D eigenvalue weighted by atomic mass is 16.2. The average Bonchev–Trinajstić information content (AvgIpc) is 2.47. The molecule has 0 bridgehead atoms. The zero-order chi connectivity index (χ0) is 14.6. The first-order chi connectivity index (χ1) is 9.58. The Morgan fingerprint density at radius 2 is 1.95 bits per heavy atom. The molecular weight excluding hydrogens is 248 g/mol. The van der Waals surface area contributed by atoms with Crippen LogP contribution in [0.15, 0.2) is 24.3 Å². The fourth-order valence-electron chi connectivity index (χ4n) is 3.15. The first kappa shape index (κ1) is 15.0. The minimum Gasteiger partial charge on any atom is -0.331 e. The van der Waals surface area contributed by atoms with Gasteiger partial charge in [-0.1, -0.05) is 36.8 Å². The molecule has 1 amide bonds. The standard InChI is InChI=1S/C17H27N2O/c1-4-17(20)18-9-11-19(5-2,12-10-18)14-16-8-6-7-15(3)13-16/h6-8,13H,4-5,9-12,14H2,1-3H3/q+1. The zero-order valence-electron chi connectivity index (χ0n) is 13.1. The molecule has 0 saturated carbocycles. The van der Waals surface area contributed by atoms with Crippen LogP contribution in [0, 0.1) is 6.92 Å². The van der Waals surface area contributed by atoms with E-state index in [2.05, 4.69) is 38.1 Å². The summed E-state index contributed by atoms with van der Waals surface area (Å²) < 4.78 is 1.11. The summed E-state index contributed by atoms with van der Waals surface area (Å²) in [7, 11) is 0. The van der Waals surface area contributed by atoms with Crippen LogP contribution in [0.4, 0.5) is 0 Å². The van der Waals surface area contributed by atoms with Gasteiger partial charge in [-0.3, -0.25) is 4.79 Å². The Bertz CT molecular complexity index is 462. The van der Waals surface area contributed by atoms with Gasteiger partial charge in [0.25, 0.3) is 0 Å². The molecule has 1 aromatic rings. The fourth-order valence-corrected chi connectivity index (χ4v) is 3.15. The Kier molecular flexibility index (Phi) is 4.81. The Morgan fingerprint density at radius 3 is 2.50 bits per heavy atom. The van der Waals surface area contributed by atoms with Gasteiger partial charge >= 0.3 is 0 Å². The van der Waals surface area contributed by atoms with E-state index in [1.54, 1.807) is 0 Å². The second-order valence-electron chi connectivity index (χ2n) is 5.99. The first-order valence-corrected chi connectivity index (χ1v) is 7.77. The molecule has 0 N–H and O–H groups in total. The summed E-state index contributed by atoms with van der Waals surface area (Å²) in [4.78, 5) is 13.8. The zero-order valence-corrected chi connectivity index (χ0v) is 13.1. The van der Waals surface area contributed by atoms with Crippen molar-refractivity contribution in [2.24, 2.45) is 0 Å². The summed E-state index contributed by atoms with van der Waals surface area (Å²) in [6.45, 7) is 12.6. The lowest BCUT2D eigenvalue weighted by atomic mass is 10.1. The quantitative estimate of drug-likeness (QED) is 0.774. The lowest BCUT2D eigenvalue weighted by Crippen LogP contribution is -2.59. The molecule has 0 radical (unpaired) electrons. The van der Waals surface area contributed by atoms with Gasteiger partial charge < -0.3 is 9.38 Å². The van der Waals surface area contributed by atoms with E-state index >= 15 is 0 Å². The molecule has 0 atom stereocenters. The van der Waals surface area contributed by atoms with Crippen molar-refractivity contribution in [3.05, 3.63) is 35.4 Å². The molecule has 0 unspecified atom stereocenters. The highest BCUT2D eigenvalue weighted by molar-refractivity contribution is 5.75. The largest absolute Gasteiger partial charge is 0.331 e. The minimum atomic E-state index is 0.300. The number of hydrogen-bond donors (Lipinski definition) is 0. The van der Waals surface area contributed by atoms with Crippen molar-refractivity contribution in [2.45, 2.75) is 33.7 Å². The monoisotopic (exact) mass is 275 g/mol. The lowest BCUT2D eigenvalue weighted by molar-refractivity contribution is -0.942. The molecule has 1 aliphatic rings. The van der Waals surface area contributed by atoms with Gasteiger partial charge in [-0.25, -0.2) is 0 Å². The summed E-state index contributed by atoms with van der Waals surface area (Å²) >= 11 is 0. The van der Waals surface area contributed by atoms with Crippen molar-refractivity contribution < 1.29 is 9.28 Å². The smallest absolute Gasteiger partial charge is 0.222 e. The number of hydrogen-bond acceptors (Lipinski definition) is 1. The fraction of sp³-hybridized carbons (Fsp3) is 0.588. The van der Waals surface area contributed by atoms with E-state index in [0.717, 1.165) is 43.8 Å². The molecule has 1 aliphatic heterocycles. The number of rotatable bonds is 4. The van der Waals surface area contributed by atoms with Crippen LogP contribution < -0.4 is 0 Å². The third-order valence-corrected chi connectivity index (χ3v) is 4.61. The normalized spacial score (nSPS) is 18.1. The van der Waals surface area contributed by atoms with Crippen LogP contribution in [0.5, 0.6) is 0 Å². The van der Waals surface area contributed by atoms with E-state index in [4.69, 9.17) is 0 Å². The predicted octanol–water partition coefficient (Wildman–Crippen LogP) is 2.58. The van der Waals surface area contributed by atoms with Crippen molar-refractivity contribution in [2.75, 3.05) is 32.7 Å². The van der Waals surface area contributed by atoms with Gasteiger partial charge in [0, 0.05) is 12.0 Å². The first-order valence-electron chi connectivity index (χ1n) is 7.77. The van der Waals surface area contributed by atoms with Gasteiger partial charge in [0.2, 0.25) is 5.91 Å². The Balaban J connectivity index is 2.03. The van der Waals surface area contributed by atoms with Crippen LogP contribution >= 0.6 is 0 Å². The summed E-state index contributed by atoms with van der Waals surface area (Å²) in [5.74, 6) is 0.300. The molecule has 0 spiro atoms. The molecule has 1 saturated heterocycles. The summed E-state index contributed by atoms with van der Waals surface area (Å²) in [6.07, 6.45) is 0.629. The molecule has 3 heteroatoms. The molecule has 0 aliphatic carbocycles. The van der Waals surface area contributed by atoms with Crippen LogP contribution in [-0.2, 0) is 11.3 Å². The second kappa shape index (κ2) is 6.40. The maximum atomic E-state index is 11.8. The number of piperazine rings is 1. The maximum Gasteiger partial charge on any atom is 0.222 e. The van der Waals surface area contributed by atoms with E-state index in [-0.39, 0.29) is 0 Å².